The van der Waals surface area contributed by atoms with Crippen LogP contribution in [0.25, 0.3) is 0 Å². The van der Waals surface area contributed by atoms with Crippen molar-refractivity contribution in [3.8, 4) is 5.88 Å². The number of rotatable bonds is 4. The van der Waals surface area contributed by atoms with Gasteiger partial charge in [-0.2, -0.15) is 0 Å². The van der Waals surface area contributed by atoms with Crippen LogP contribution in [0.1, 0.15) is 58.3 Å². The summed E-state index contributed by atoms with van der Waals surface area (Å²) in [5, 5.41) is 0. The second-order valence-corrected chi connectivity index (χ2v) is 9.63. The van der Waals surface area contributed by atoms with E-state index in [0.717, 1.165) is 6.42 Å². The van der Waals surface area contributed by atoms with Crippen LogP contribution in [0, 0.1) is 5.92 Å². The van der Waals surface area contributed by atoms with Crippen LogP contribution < -0.4 is 4.74 Å². The van der Waals surface area contributed by atoms with Gasteiger partial charge in [0.1, 0.15) is 17.3 Å². The quantitative estimate of drug-likeness (QED) is 0.655. The Morgan fingerprint density at radius 1 is 1.48 bits per heavy atom. The van der Waals surface area contributed by atoms with E-state index < -0.39 is 11.7 Å². The van der Waals surface area contributed by atoms with Gasteiger partial charge in [-0.25, -0.2) is 9.78 Å². The van der Waals surface area contributed by atoms with E-state index >= 15 is 0 Å². The molecule has 0 spiro atoms. The number of fused-ring (bicyclic) bond motifs is 1. The van der Waals surface area contributed by atoms with E-state index in [0.29, 0.717) is 29.0 Å². The lowest BCUT2D eigenvalue weighted by Crippen LogP contribution is -2.50. The molecule has 2 amide bonds. The van der Waals surface area contributed by atoms with E-state index in [1.807, 2.05) is 39.5 Å². The van der Waals surface area contributed by atoms with Gasteiger partial charge in [-0.1, -0.05) is 13.8 Å². The minimum atomic E-state index is -0.570. The minimum Gasteiger partial charge on any atom is -0.472 e. The second kappa shape index (κ2) is 9.32. The molecule has 0 saturated carbocycles. The zero-order valence-corrected chi connectivity index (χ0v) is 19.9. The molecule has 162 valence electrons. The van der Waals surface area contributed by atoms with E-state index in [4.69, 9.17) is 9.47 Å². The Morgan fingerprint density at radius 2 is 2.14 bits per heavy atom. The van der Waals surface area contributed by atoms with Gasteiger partial charge in [0.2, 0.25) is 5.88 Å². The monoisotopic (exact) mass is 469 g/mol. The first-order valence-electron chi connectivity index (χ1n) is 10.00. The van der Waals surface area contributed by atoms with Crippen LogP contribution in [0.2, 0.25) is 0 Å². The first-order valence-corrected chi connectivity index (χ1v) is 10.8. The van der Waals surface area contributed by atoms with E-state index in [-0.39, 0.29) is 24.0 Å². The number of likely N-dealkylation sites (N-methyl/N-ethyl adjacent to an activating group) is 1. The summed E-state index contributed by atoms with van der Waals surface area (Å²) in [6, 6.07) is 1.82. The summed E-state index contributed by atoms with van der Waals surface area (Å²) in [6.45, 7) is 12.5. The molecule has 0 fully saturated rings. The van der Waals surface area contributed by atoms with Crippen molar-refractivity contribution in [3.05, 3.63) is 22.3 Å². The summed E-state index contributed by atoms with van der Waals surface area (Å²) in [5.74, 6) is 0.200. The van der Waals surface area contributed by atoms with Crippen LogP contribution in [0.3, 0.4) is 0 Å². The van der Waals surface area contributed by atoms with Crippen molar-refractivity contribution < 1.29 is 19.1 Å². The Hall–Kier alpha value is -1.83. The molecule has 0 N–H and O–H groups in total. The lowest BCUT2D eigenvalue weighted by atomic mass is 10.00. The molecule has 1 aliphatic rings. The highest BCUT2D eigenvalue weighted by Gasteiger charge is 2.35. The topological polar surface area (TPSA) is 72.0 Å². The highest BCUT2D eigenvalue weighted by molar-refractivity contribution is 9.10. The number of halogens is 1. The van der Waals surface area contributed by atoms with E-state index in [1.54, 1.807) is 19.3 Å². The molecule has 1 aliphatic heterocycles. The molecule has 1 aromatic heterocycles. The van der Waals surface area contributed by atoms with Gasteiger partial charge in [0, 0.05) is 36.2 Å². The Labute approximate surface area is 181 Å². The van der Waals surface area contributed by atoms with Crippen molar-refractivity contribution in [2.24, 2.45) is 5.92 Å². The predicted octanol–water partition coefficient (Wildman–Crippen LogP) is 4.35. The van der Waals surface area contributed by atoms with Crippen LogP contribution in [-0.2, 0) is 4.74 Å². The molecule has 1 aromatic rings. The molecule has 8 heteroatoms. The number of pyridine rings is 1. The molecule has 2 rings (SSSR count). The van der Waals surface area contributed by atoms with Gasteiger partial charge in [0.25, 0.3) is 5.91 Å². The fourth-order valence-electron chi connectivity index (χ4n) is 3.10. The van der Waals surface area contributed by atoms with Crippen LogP contribution in [0.5, 0.6) is 5.88 Å². The number of amides is 2. The largest absolute Gasteiger partial charge is 0.472 e. The van der Waals surface area contributed by atoms with Gasteiger partial charge in [0.05, 0.1) is 6.54 Å². The van der Waals surface area contributed by atoms with Gasteiger partial charge < -0.3 is 19.3 Å². The lowest BCUT2D eigenvalue weighted by molar-refractivity contribution is 0.0117. The van der Waals surface area contributed by atoms with Crippen molar-refractivity contribution in [2.45, 2.75) is 65.7 Å². The van der Waals surface area contributed by atoms with Gasteiger partial charge in [0.15, 0.2) is 0 Å². The summed E-state index contributed by atoms with van der Waals surface area (Å²) in [6.07, 6.45) is 1.72. The van der Waals surface area contributed by atoms with Crippen LogP contribution in [-0.4, -0.2) is 64.7 Å². The van der Waals surface area contributed by atoms with Crippen molar-refractivity contribution in [3.63, 3.8) is 0 Å². The number of carbonyl (C=O) groups is 2. The number of hydrogen-bond donors (Lipinski definition) is 0. The Morgan fingerprint density at radius 3 is 2.72 bits per heavy atom. The van der Waals surface area contributed by atoms with Crippen molar-refractivity contribution >= 4 is 27.9 Å². The Bertz CT molecular complexity index is 750. The Kier molecular flexibility index (Phi) is 7.54. The maximum atomic E-state index is 13.2. The standard InChI is InChI=1S/C21H32BrN3O4/c1-8-14(3)25-11-13(2)17(12-24(7)20(27)29-21(4,5)6)28-18-16(19(25)26)9-15(22)10-23-18/h9-10,13-14,17H,8,11-12H2,1-7H3. The number of hydrogen-bond acceptors (Lipinski definition) is 5. The van der Waals surface area contributed by atoms with E-state index in [1.165, 1.54) is 4.90 Å². The predicted molar refractivity (Wildman–Crippen MR) is 115 cm³/mol. The molecule has 3 atom stereocenters. The maximum absolute atomic E-state index is 13.2. The minimum absolute atomic E-state index is 0.00330. The van der Waals surface area contributed by atoms with Crippen LogP contribution in [0.15, 0.2) is 16.7 Å². The third-order valence-electron chi connectivity index (χ3n) is 4.97. The van der Waals surface area contributed by atoms with Crippen molar-refractivity contribution in [1.29, 1.82) is 0 Å². The zero-order chi connectivity index (χ0) is 21.9. The highest BCUT2D eigenvalue weighted by atomic mass is 79.9. The van der Waals surface area contributed by atoms with Gasteiger partial charge in [-0.3, -0.25) is 4.79 Å². The number of nitrogens with zero attached hydrogens (tertiary/aromatic N) is 3. The molecule has 2 heterocycles. The number of carbonyl (C=O) groups excluding carboxylic acids is 2. The average molecular weight is 470 g/mol. The fraction of sp³-hybridized carbons (Fsp3) is 0.667. The third kappa shape index (κ3) is 6.07. The first-order chi connectivity index (χ1) is 13.4. The summed E-state index contributed by atoms with van der Waals surface area (Å²) >= 11 is 3.39. The van der Waals surface area contributed by atoms with Crippen LogP contribution in [0.4, 0.5) is 4.79 Å². The molecule has 0 aliphatic carbocycles. The van der Waals surface area contributed by atoms with Gasteiger partial charge >= 0.3 is 6.09 Å². The van der Waals surface area contributed by atoms with Gasteiger partial charge in [-0.05, 0) is 56.1 Å². The molecule has 3 unspecified atom stereocenters. The van der Waals surface area contributed by atoms with E-state index in [2.05, 4.69) is 27.8 Å². The fourth-order valence-corrected chi connectivity index (χ4v) is 3.43. The molecule has 0 saturated heterocycles. The smallest absolute Gasteiger partial charge is 0.410 e. The van der Waals surface area contributed by atoms with E-state index in [9.17, 15) is 9.59 Å². The highest BCUT2D eigenvalue weighted by Crippen LogP contribution is 2.29. The number of ether oxygens (including phenoxy) is 2. The summed E-state index contributed by atoms with van der Waals surface area (Å²) in [4.78, 5) is 33.3. The average Bonchev–Trinajstić information content (AvgIpc) is 2.63. The zero-order valence-electron chi connectivity index (χ0n) is 18.4. The summed E-state index contributed by atoms with van der Waals surface area (Å²) in [5.41, 5.74) is -0.143. The molecule has 7 nitrogen and oxygen atoms in total. The summed E-state index contributed by atoms with van der Waals surface area (Å²) in [7, 11) is 1.69. The van der Waals surface area contributed by atoms with Crippen molar-refractivity contribution in [2.75, 3.05) is 20.1 Å². The molecular formula is C21H32BrN3O4. The maximum Gasteiger partial charge on any atom is 0.410 e. The van der Waals surface area contributed by atoms with Crippen LogP contribution >= 0.6 is 15.9 Å². The number of aromatic nitrogens is 1. The lowest BCUT2D eigenvalue weighted by Gasteiger charge is -2.38. The first kappa shape index (κ1) is 23.4. The normalized spacial score (nSPS) is 20.8. The molecule has 0 bridgehead atoms. The summed E-state index contributed by atoms with van der Waals surface area (Å²) < 4.78 is 12.3. The Balaban J connectivity index is 2.33. The molecule has 0 radical (unpaired) electrons. The second-order valence-electron chi connectivity index (χ2n) is 8.72. The third-order valence-corrected chi connectivity index (χ3v) is 5.41. The van der Waals surface area contributed by atoms with Gasteiger partial charge in [-0.15, -0.1) is 0 Å². The molecular weight excluding hydrogens is 438 g/mol. The molecule has 0 aromatic carbocycles. The SMILES string of the molecule is CCC(C)N1CC(C)C(CN(C)C(=O)OC(C)(C)C)Oc2ncc(Br)cc2C1=O. The molecule has 29 heavy (non-hydrogen) atoms. The van der Waals surface area contributed by atoms with Crippen molar-refractivity contribution in [1.82, 2.24) is 14.8 Å².